The minimum absolute atomic E-state index is 0.0193. The fourth-order valence-corrected chi connectivity index (χ4v) is 3.40. The second-order valence-electron chi connectivity index (χ2n) is 6.80. The number of hydrogen-bond acceptors (Lipinski definition) is 4. The molecule has 0 bridgehead atoms. The molecule has 3 rings (SSSR count). The number of nitrogens with one attached hydrogen (secondary N) is 1. The second kappa shape index (κ2) is 8.04. The number of hydrazone groups is 1. The van der Waals surface area contributed by atoms with Gasteiger partial charge < -0.3 is 10.2 Å². The van der Waals surface area contributed by atoms with Gasteiger partial charge in [-0.1, -0.05) is 43.5 Å². The Hall–Kier alpha value is -2.82. The van der Waals surface area contributed by atoms with Gasteiger partial charge in [0.15, 0.2) is 0 Å². The van der Waals surface area contributed by atoms with Gasteiger partial charge in [0.2, 0.25) is 0 Å². The van der Waals surface area contributed by atoms with Crippen LogP contribution in [-0.4, -0.2) is 21.8 Å². The molecule has 1 fully saturated rings. The van der Waals surface area contributed by atoms with Crippen LogP contribution in [0.1, 0.15) is 66.4 Å². The number of carbonyl (C=O) groups is 1. The fraction of sp³-hybridized carbons (Fsp3) is 0.333. The Morgan fingerprint density at radius 1 is 1.04 bits per heavy atom. The number of benzene rings is 2. The molecule has 0 radical (unpaired) electrons. The first kappa shape index (κ1) is 18.0. The van der Waals surface area contributed by atoms with Crippen molar-refractivity contribution in [3.05, 3.63) is 59.2 Å². The van der Waals surface area contributed by atoms with Crippen LogP contribution in [0, 0.1) is 0 Å². The Morgan fingerprint density at radius 3 is 2.42 bits per heavy atom. The van der Waals surface area contributed by atoms with Crippen LogP contribution in [0.2, 0.25) is 0 Å². The molecule has 1 aliphatic rings. The van der Waals surface area contributed by atoms with Gasteiger partial charge in [-0.2, -0.15) is 5.10 Å². The van der Waals surface area contributed by atoms with Crippen LogP contribution in [0.5, 0.6) is 11.5 Å². The Bertz CT molecular complexity index is 807. The van der Waals surface area contributed by atoms with Crippen LogP contribution >= 0.6 is 0 Å². The minimum Gasteiger partial charge on any atom is -0.508 e. The zero-order chi connectivity index (χ0) is 18.5. The maximum absolute atomic E-state index is 12.1. The van der Waals surface area contributed by atoms with Gasteiger partial charge in [-0.3, -0.25) is 4.79 Å². The van der Waals surface area contributed by atoms with Gasteiger partial charge in [0.25, 0.3) is 5.91 Å². The highest BCUT2D eigenvalue weighted by molar-refractivity contribution is 6.01. The number of hydrogen-bond donors (Lipinski definition) is 3. The summed E-state index contributed by atoms with van der Waals surface area (Å²) in [4.78, 5) is 12.1. The van der Waals surface area contributed by atoms with E-state index in [0.29, 0.717) is 11.6 Å². The van der Waals surface area contributed by atoms with Gasteiger partial charge >= 0.3 is 0 Å². The summed E-state index contributed by atoms with van der Waals surface area (Å²) in [6.07, 6.45) is 6.47. The van der Waals surface area contributed by atoms with Crippen LogP contribution in [0.4, 0.5) is 0 Å². The van der Waals surface area contributed by atoms with E-state index < -0.39 is 5.91 Å². The first-order valence-corrected chi connectivity index (χ1v) is 9.01. The lowest BCUT2D eigenvalue weighted by atomic mass is 9.84. The topological polar surface area (TPSA) is 81.9 Å². The molecule has 0 aromatic heterocycles. The van der Waals surface area contributed by atoms with E-state index in [1.54, 1.807) is 0 Å². The van der Waals surface area contributed by atoms with Crippen molar-refractivity contribution >= 4 is 11.6 Å². The second-order valence-corrected chi connectivity index (χ2v) is 6.80. The first-order valence-electron chi connectivity index (χ1n) is 9.01. The Morgan fingerprint density at radius 2 is 1.73 bits per heavy atom. The highest BCUT2D eigenvalue weighted by Gasteiger charge is 2.15. The van der Waals surface area contributed by atoms with E-state index in [-0.39, 0.29) is 17.1 Å². The number of aromatic hydroxyl groups is 2. The Labute approximate surface area is 153 Å². The lowest BCUT2D eigenvalue weighted by Crippen LogP contribution is -2.19. The zero-order valence-electron chi connectivity index (χ0n) is 14.9. The van der Waals surface area contributed by atoms with Crippen molar-refractivity contribution in [3.8, 4) is 11.5 Å². The summed E-state index contributed by atoms with van der Waals surface area (Å²) < 4.78 is 0. The zero-order valence-corrected chi connectivity index (χ0v) is 14.9. The molecule has 1 saturated carbocycles. The number of amides is 1. The number of phenolic OH excluding ortho intramolecular Hbond substituents is 2. The third-order valence-corrected chi connectivity index (χ3v) is 4.95. The van der Waals surface area contributed by atoms with Crippen molar-refractivity contribution in [2.45, 2.75) is 44.9 Å². The fourth-order valence-electron chi connectivity index (χ4n) is 3.40. The summed E-state index contributed by atoms with van der Waals surface area (Å²) in [6.45, 7) is 1.82. The Kier molecular flexibility index (Phi) is 5.56. The van der Waals surface area contributed by atoms with Crippen molar-refractivity contribution in [1.82, 2.24) is 5.43 Å². The summed E-state index contributed by atoms with van der Waals surface area (Å²) in [5, 5.41) is 23.3. The Balaban J connectivity index is 1.67. The lowest BCUT2D eigenvalue weighted by molar-refractivity contribution is 0.0951. The van der Waals surface area contributed by atoms with Gasteiger partial charge in [0.05, 0.1) is 11.3 Å². The van der Waals surface area contributed by atoms with Gasteiger partial charge in [-0.05, 0) is 55.0 Å². The van der Waals surface area contributed by atoms with Crippen LogP contribution < -0.4 is 5.43 Å². The molecule has 0 atom stereocenters. The minimum atomic E-state index is -0.573. The van der Waals surface area contributed by atoms with Gasteiger partial charge in [-0.25, -0.2) is 5.43 Å². The number of nitrogens with zero attached hydrogens (tertiary/aromatic N) is 1. The molecule has 26 heavy (non-hydrogen) atoms. The van der Waals surface area contributed by atoms with Gasteiger partial charge in [-0.15, -0.1) is 0 Å². The van der Waals surface area contributed by atoms with Crippen LogP contribution in [0.3, 0.4) is 0 Å². The summed E-state index contributed by atoms with van der Waals surface area (Å²) in [5.41, 5.74) is 5.38. The van der Waals surface area contributed by atoms with Crippen LogP contribution in [-0.2, 0) is 0 Å². The predicted octanol–water partition coefficient (Wildman–Crippen LogP) is 4.30. The molecular weight excluding hydrogens is 328 g/mol. The van der Waals surface area contributed by atoms with E-state index in [0.717, 1.165) is 5.56 Å². The van der Waals surface area contributed by atoms with Crippen molar-refractivity contribution in [1.29, 1.82) is 0 Å². The molecule has 136 valence electrons. The summed E-state index contributed by atoms with van der Waals surface area (Å²) in [5.74, 6) is -0.211. The number of carbonyl (C=O) groups excluding carboxylic acids is 1. The molecule has 5 heteroatoms. The first-order chi connectivity index (χ1) is 12.5. The quantitative estimate of drug-likeness (QED) is 0.436. The molecule has 5 nitrogen and oxygen atoms in total. The standard InChI is InChI=1S/C21H24N2O3/c1-14(22-23-21(26)19-13-18(24)11-12-20(19)25)15-7-9-17(10-8-15)16-5-3-2-4-6-16/h7-13,16,24-25H,2-6H2,1H3,(H,23,26)/b22-14-. The van der Waals surface area contributed by atoms with E-state index in [1.807, 2.05) is 19.1 Å². The highest BCUT2D eigenvalue weighted by Crippen LogP contribution is 2.32. The van der Waals surface area contributed by atoms with Crippen molar-refractivity contribution < 1.29 is 15.0 Å². The van der Waals surface area contributed by atoms with Crippen molar-refractivity contribution in [2.24, 2.45) is 5.10 Å². The van der Waals surface area contributed by atoms with Crippen molar-refractivity contribution in [3.63, 3.8) is 0 Å². The third kappa shape index (κ3) is 4.23. The molecular formula is C21H24N2O3. The molecule has 0 aliphatic heterocycles. The van der Waals surface area contributed by atoms with Gasteiger partial charge in [0.1, 0.15) is 11.5 Å². The summed E-state index contributed by atoms with van der Waals surface area (Å²) in [6, 6.07) is 12.1. The van der Waals surface area contributed by atoms with Crippen molar-refractivity contribution in [2.75, 3.05) is 0 Å². The smallest absolute Gasteiger partial charge is 0.275 e. The average molecular weight is 352 g/mol. The largest absolute Gasteiger partial charge is 0.508 e. The summed E-state index contributed by atoms with van der Waals surface area (Å²) >= 11 is 0. The monoisotopic (exact) mass is 352 g/mol. The molecule has 1 amide bonds. The highest BCUT2D eigenvalue weighted by atomic mass is 16.3. The SMILES string of the molecule is C/C(=N/NC(=O)c1cc(O)ccc1O)c1ccc(C2CCCCC2)cc1. The maximum Gasteiger partial charge on any atom is 0.275 e. The molecule has 0 unspecified atom stereocenters. The maximum atomic E-state index is 12.1. The molecule has 1 aliphatic carbocycles. The van der Waals surface area contributed by atoms with E-state index in [4.69, 9.17) is 0 Å². The molecule has 0 spiro atoms. The van der Waals surface area contributed by atoms with Crippen LogP contribution in [0.15, 0.2) is 47.6 Å². The lowest BCUT2D eigenvalue weighted by Gasteiger charge is -2.22. The van der Waals surface area contributed by atoms with E-state index in [2.05, 4.69) is 22.7 Å². The predicted molar refractivity (Wildman–Crippen MR) is 102 cm³/mol. The number of rotatable bonds is 4. The molecule has 0 heterocycles. The van der Waals surface area contributed by atoms with E-state index in [9.17, 15) is 15.0 Å². The average Bonchev–Trinajstić information content (AvgIpc) is 2.68. The molecule has 2 aromatic carbocycles. The van der Waals surface area contributed by atoms with Gasteiger partial charge in [0, 0.05) is 0 Å². The summed E-state index contributed by atoms with van der Waals surface area (Å²) in [7, 11) is 0. The van der Waals surface area contributed by atoms with Crippen LogP contribution in [0.25, 0.3) is 0 Å². The normalized spacial score (nSPS) is 15.7. The van der Waals surface area contributed by atoms with E-state index >= 15 is 0 Å². The molecule has 3 N–H and O–H groups in total. The molecule has 0 saturated heterocycles. The van der Waals surface area contributed by atoms with E-state index in [1.165, 1.54) is 55.9 Å². The third-order valence-electron chi connectivity index (χ3n) is 4.95. The molecule has 2 aromatic rings. The number of phenols is 2.